The van der Waals surface area contributed by atoms with Crippen LogP contribution in [0.2, 0.25) is 0 Å². The Labute approximate surface area is 174 Å². The van der Waals surface area contributed by atoms with Gasteiger partial charge in [0.25, 0.3) is 5.91 Å². The molecule has 5 aromatic rings. The van der Waals surface area contributed by atoms with Gasteiger partial charge in [-0.25, -0.2) is 9.78 Å². The first-order chi connectivity index (χ1) is 14.6. The van der Waals surface area contributed by atoms with E-state index in [9.17, 15) is 9.59 Å². The number of fused-ring (bicyclic) bond motifs is 2. The van der Waals surface area contributed by atoms with Gasteiger partial charge in [-0.3, -0.25) is 9.20 Å². The summed E-state index contributed by atoms with van der Waals surface area (Å²) in [6, 6.07) is 14.0. The summed E-state index contributed by atoms with van der Waals surface area (Å²) in [5, 5.41) is 5.32. The van der Waals surface area contributed by atoms with Gasteiger partial charge in [0.1, 0.15) is 5.56 Å². The first-order valence-electron chi connectivity index (χ1n) is 9.07. The molecule has 0 spiro atoms. The number of aromatic nitrogens is 2. The highest BCUT2D eigenvalue weighted by Gasteiger charge is 2.16. The van der Waals surface area contributed by atoms with Crippen LogP contribution in [-0.4, -0.2) is 22.4 Å². The first kappa shape index (κ1) is 18.1. The van der Waals surface area contributed by atoms with Crippen LogP contribution >= 0.6 is 11.3 Å². The van der Waals surface area contributed by atoms with E-state index < -0.39 is 11.5 Å². The largest absolute Gasteiger partial charge is 0.493 e. The monoisotopic (exact) mass is 417 g/mol. The van der Waals surface area contributed by atoms with Crippen LogP contribution < -0.4 is 15.7 Å². The predicted octanol–water partition coefficient (Wildman–Crippen LogP) is 4.43. The summed E-state index contributed by atoms with van der Waals surface area (Å²) in [6.07, 6.45) is 3.91. The van der Waals surface area contributed by atoms with Crippen molar-refractivity contribution in [2.45, 2.75) is 0 Å². The van der Waals surface area contributed by atoms with Gasteiger partial charge in [0, 0.05) is 34.4 Å². The molecule has 0 fully saturated rings. The molecule has 0 saturated heterocycles. The maximum atomic E-state index is 12.7. The van der Waals surface area contributed by atoms with Crippen molar-refractivity contribution in [2.75, 3.05) is 12.4 Å². The number of rotatable bonds is 4. The lowest BCUT2D eigenvalue weighted by atomic mass is 10.1. The molecule has 0 unspecified atom stereocenters. The fourth-order valence-electron chi connectivity index (χ4n) is 3.23. The highest BCUT2D eigenvalue weighted by Crippen LogP contribution is 2.25. The zero-order valence-corrected chi connectivity index (χ0v) is 16.6. The standard InChI is InChI=1S/C22H15N3O4S/c1-28-18-4-2-3-14-11-16(21(27)29-19(14)18)20(26)23-15-7-5-13(6-8-15)17-12-25-9-10-30-22(25)24-17/h2-12H,1H3,(H,23,26). The molecule has 3 heterocycles. The summed E-state index contributed by atoms with van der Waals surface area (Å²) < 4.78 is 12.5. The Morgan fingerprint density at radius 3 is 2.80 bits per heavy atom. The molecule has 0 saturated carbocycles. The second-order valence-electron chi connectivity index (χ2n) is 6.58. The Hall–Kier alpha value is -3.91. The summed E-state index contributed by atoms with van der Waals surface area (Å²) in [7, 11) is 1.49. The molecule has 0 atom stereocenters. The number of methoxy groups -OCH3 is 1. The summed E-state index contributed by atoms with van der Waals surface area (Å²) in [6.45, 7) is 0. The van der Waals surface area contributed by atoms with Crippen LogP contribution in [0.5, 0.6) is 5.75 Å². The topological polar surface area (TPSA) is 85.8 Å². The summed E-state index contributed by atoms with van der Waals surface area (Å²) >= 11 is 1.56. The zero-order valence-electron chi connectivity index (χ0n) is 15.8. The molecule has 0 aliphatic rings. The normalized spacial score (nSPS) is 11.1. The summed E-state index contributed by atoms with van der Waals surface area (Å²) in [5.41, 5.74) is 1.86. The van der Waals surface area contributed by atoms with E-state index in [0.29, 0.717) is 22.4 Å². The van der Waals surface area contributed by atoms with Crippen LogP contribution in [-0.2, 0) is 0 Å². The number of benzene rings is 2. The Bertz CT molecular complexity index is 1420. The van der Waals surface area contributed by atoms with E-state index >= 15 is 0 Å². The van der Waals surface area contributed by atoms with Crippen molar-refractivity contribution in [1.29, 1.82) is 0 Å². The number of ether oxygens (including phenoxy) is 1. The van der Waals surface area contributed by atoms with E-state index in [1.165, 1.54) is 13.2 Å². The van der Waals surface area contributed by atoms with Crippen LogP contribution in [0.4, 0.5) is 5.69 Å². The molecule has 30 heavy (non-hydrogen) atoms. The van der Waals surface area contributed by atoms with E-state index in [2.05, 4.69) is 10.3 Å². The van der Waals surface area contributed by atoms with Crippen LogP contribution in [0.15, 0.2) is 75.5 Å². The predicted molar refractivity (Wildman–Crippen MR) is 115 cm³/mol. The van der Waals surface area contributed by atoms with Crippen LogP contribution in [0.1, 0.15) is 10.4 Å². The maximum absolute atomic E-state index is 12.7. The molecular weight excluding hydrogens is 402 g/mol. The van der Waals surface area contributed by atoms with E-state index in [4.69, 9.17) is 9.15 Å². The second kappa shape index (κ2) is 7.16. The Balaban J connectivity index is 1.40. The molecule has 1 amide bonds. The van der Waals surface area contributed by atoms with Gasteiger partial charge in [0.2, 0.25) is 0 Å². The van der Waals surface area contributed by atoms with Crippen LogP contribution in [0, 0.1) is 0 Å². The lowest BCUT2D eigenvalue weighted by Crippen LogP contribution is -2.20. The Kier molecular flexibility index (Phi) is 4.33. The van der Waals surface area contributed by atoms with Crippen molar-refractivity contribution in [3.8, 4) is 17.0 Å². The van der Waals surface area contributed by atoms with E-state index in [-0.39, 0.29) is 5.56 Å². The highest BCUT2D eigenvalue weighted by molar-refractivity contribution is 7.15. The van der Waals surface area contributed by atoms with Gasteiger partial charge in [-0.2, -0.15) is 0 Å². The third kappa shape index (κ3) is 3.13. The van der Waals surface area contributed by atoms with Gasteiger partial charge in [0.05, 0.1) is 12.8 Å². The van der Waals surface area contributed by atoms with Gasteiger partial charge in [-0.15, -0.1) is 11.3 Å². The van der Waals surface area contributed by atoms with Crippen molar-refractivity contribution < 1.29 is 13.9 Å². The molecule has 0 aliphatic carbocycles. The average molecular weight is 417 g/mol. The molecule has 148 valence electrons. The fraction of sp³-hybridized carbons (Fsp3) is 0.0455. The zero-order chi connectivity index (χ0) is 20.7. The third-order valence-corrected chi connectivity index (χ3v) is 5.49. The summed E-state index contributed by atoms with van der Waals surface area (Å²) in [4.78, 5) is 30.5. The number of thiazole rings is 1. The van der Waals surface area contributed by atoms with Crippen molar-refractivity contribution in [3.63, 3.8) is 0 Å². The number of carbonyl (C=O) groups is 1. The fourth-order valence-corrected chi connectivity index (χ4v) is 3.93. The SMILES string of the molecule is COc1cccc2cc(C(=O)Nc3ccc(-c4cn5ccsc5n4)cc3)c(=O)oc12. The van der Waals surface area contributed by atoms with E-state index in [1.54, 1.807) is 41.7 Å². The van der Waals surface area contributed by atoms with Gasteiger partial charge in [0.15, 0.2) is 16.3 Å². The first-order valence-corrected chi connectivity index (χ1v) is 9.95. The molecule has 1 N–H and O–H groups in total. The molecule has 7 nitrogen and oxygen atoms in total. The van der Waals surface area contributed by atoms with Crippen molar-refractivity contribution in [1.82, 2.24) is 9.38 Å². The number of hydrogen-bond acceptors (Lipinski definition) is 6. The molecule has 3 aromatic heterocycles. The Morgan fingerprint density at radius 1 is 1.20 bits per heavy atom. The molecule has 5 rings (SSSR count). The van der Waals surface area contributed by atoms with Gasteiger partial charge in [-0.1, -0.05) is 24.3 Å². The molecule has 8 heteroatoms. The van der Waals surface area contributed by atoms with Gasteiger partial charge >= 0.3 is 5.63 Å². The number of nitrogens with zero attached hydrogens (tertiary/aromatic N) is 2. The molecule has 0 bridgehead atoms. The minimum Gasteiger partial charge on any atom is -0.493 e. The smallest absolute Gasteiger partial charge is 0.349 e. The second-order valence-corrected chi connectivity index (χ2v) is 7.45. The number of nitrogens with one attached hydrogen (secondary N) is 1. The molecule has 2 aromatic carbocycles. The Morgan fingerprint density at radius 2 is 2.03 bits per heavy atom. The number of anilines is 1. The molecule has 0 radical (unpaired) electrons. The highest BCUT2D eigenvalue weighted by atomic mass is 32.1. The minimum absolute atomic E-state index is 0.0748. The van der Waals surface area contributed by atoms with Crippen molar-refractivity contribution in [3.05, 3.63) is 82.3 Å². The molecular formula is C22H15N3O4S. The number of amides is 1. The number of hydrogen-bond donors (Lipinski definition) is 1. The van der Waals surface area contributed by atoms with Gasteiger partial charge < -0.3 is 14.5 Å². The number of para-hydroxylation sites is 1. The van der Waals surface area contributed by atoms with E-state index in [1.807, 2.05) is 34.3 Å². The maximum Gasteiger partial charge on any atom is 0.349 e. The summed E-state index contributed by atoms with van der Waals surface area (Å²) in [5.74, 6) is -0.102. The average Bonchev–Trinajstić information content (AvgIpc) is 3.36. The van der Waals surface area contributed by atoms with Gasteiger partial charge in [-0.05, 0) is 24.3 Å². The minimum atomic E-state index is -0.723. The molecule has 0 aliphatic heterocycles. The lowest BCUT2D eigenvalue weighted by Gasteiger charge is -2.07. The third-order valence-electron chi connectivity index (χ3n) is 4.72. The van der Waals surface area contributed by atoms with Crippen molar-refractivity contribution >= 4 is 38.9 Å². The van der Waals surface area contributed by atoms with E-state index in [0.717, 1.165) is 16.2 Å². The van der Waals surface area contributed by atoms with Crippen molar-refractivity contribution in [2.24, 2.45) is 0 Å². The van der Waals surface area contributed by atoms with Crippen LogP contribution in [0.3, 0.4) is 0 Å². The van der Waals surface area contributed by atoms with Crippen LogP contribution in [0.25, 0.3) is 27.2 Å². The number of imidazole rings is 1. The lowest BCUT2D eigenvalue weighted by molar-refractivity contribution is 0.102. The quantitative estimate of drug-likeness (QED) is 0.437. The number of carbonyl (C=O) groups excluding carboxylic acids is 1.